The maximum absolute atomic E-state index is 12.6. The Kier molecular flexibility index (Phi) is 5.82. The highest BCUT2D eigenvalue weighted by molar-refractivity contribution is 6.02. The van der Waals surface area contributed by atoms with Crippen molar-refractivity contribution in [3.63, 3.8) is 0 Å². The van der Waals surface area contributed by atoms with Crippen LogP contribution < -0.4 is 10.5 Å². The molecule has 1 aliphatic carbocycles. The second kappa shape index (κ2) is 8.00. The Labute approximate surface area is 171 Å². The third kappa shape index (κ3) is 4.52. The Hall–Kier alpha value is -2.64. The number of aromatic nitrogens is 1. The van der Waals surface area contributed by atoms with E-state index in [0.29, 0.717) is 18.9 Å². The van der Waals surface area contributed by atoms with Crippen LogP contribution in [0.1, 0.15) is 57.3 Å². The zero-order valence-electron chi connectivity index (χ0n) is 17.6. The van der Waals surface area contributed by atoms with Crippen molar-refractivity contribution in [3.05, 3.63) is 23.9 Å². The molecule has 0 bridgehead atoms. The maximum atomic E-state index is 12.6. The monoisotopic (exact) mass is 402 g/mol. The molecular weight excluding hydrogens is 372 g/mol. The molecule has 1 saturated carbocycles. The number of carbonyl (C=O) groups is 3. The van der Waals surface area contributed by atoms with Crippen LogP contribution in [0.5, 0.6) is 5.88 Å². The van der Waals surface area contributed by atoms with Gasteiger partial charge in [0.25, 0.3) is 11.8 Å². The first kappa shape index (κ1) is 21.1. The molecule has 29 heavy (non-hydrogen) atoms. The molecule has 0 aromatic carbocycles. The van der Waals surface area contributed by atoms with E-state index in [4.69, 9.17) is 10.5 Å². The molecule has 2 N–H and O–H groups in total. The minimum Gasteiger partial charge on any atom is -0.474 e. The quantitative estimate of drug-likeness (QED) is 0.672. The number of amides is 4. The van der Waals surface area contributed by atoms with Gasteiger partial charge in [-0.05, 0) is 49.7 Å². The molecular formula is C21H30N4O4. The van der Waals surface area contributed by atoms with Crippen LogP contribution in [-0.4, -0.2) is 57.9 Å². The summed E-state index contributed by atoms with van der Waals surface area (Å²) < 4.78 is 5.88. The van der Waals surface area contributed by atoms with Gasteiger partial charge >= 0.3 is 6.03 Å². The molecule has 158 valence electrons. The first-order valence-corrected chi connectivity index (χ1v) is 10.1. The van der Waals surface area contributed by atoms with Crippen molar-refractivity contribution in [2.45, 2.75) is 59.1 Å². The molecule has 3 rings (SSSR count). The van der Waals surface area contributed by atoms with Crippen molar-refractivity contribution in [2.24, 2.45) is 17.1 Å². The van der Waals surface area contributed by atoms with Crippen LogP contribution in [0.3, 0.4) is 0 Å². The summed E-state index contributed by atoms with van der Waals surface area (Å²) in [6.45, 7) is 8.88. The number of pyridine rings is 1. The summed E-state index contributed by atoms with van der Waals surface area (Å²) in [7, 11) is 0. The third-order valence-corrected chi connectivity index (χ3v) is 5.64. The summed E-state index contributed by atoms with van der Waals surface area (Å²) in [5.74, 6) is -0.116. The second-order valence-electron chi connectivity index (χ2n) is 9.05. The Balaban J connectivity index is 1.56. The van der Waals surface area contributed by atoms with Gasteiger partial charge in [0.2, 0.25) is 5.88 Å². The highest BCUT2D eigenvalue weighted by atomic mass is 16.5. The van der Waals surface area contributed by atoms with Gasteiger partial charge in [-0.3, -0.25) is 14.5 Å². The molecule has 1 aromatic rings. The van der Waals surface area contributed by atoms with Crippen LogP contribution in [0.15, 0.2) is 18.3 Å². The number of nitrogens with two attached hydrogens (primary N) is 1. The fourth-order valence-corrected chi connectivity index (χ4v) is 4.51. The van der Waals surface area contributed by atoms with Crippen LogP contribution in [0.25, 0.3) is 0 Å². The molecule has 2 fully saturated rings. The van der Waals surface area contributed by atoms with Gasteiger partial charge in [-0.2, -0.15) is 0 Å². The molecule has 1 aromatic heterocycles. The number of primary amides is 1. The van der Waals surface area contributed by atoms with E-state index < -0.39 is 5.91 Å². The van der Waals surface area contributed by atoms with E-state index in [1.54, 1.807) is 23.2 Å². The number of imide groups is 1. The summed E-state index contributed by atoms with van der Waals surface area (Å²) >= 11 is 0. The number of ether oxygens (including phenoxy) is 1. The van der Waals surface area contributed by atoms with Gasteiger partial charge in [-0.1, -0.05) is 20.8 Å². The van der Waals surface area contributed by atoms with E-state index in [9.17, 15) is 14.4 Å². The lowest BCUT2D eigenvalue weighted by Crippen LogP contribution is -2.48. The second-order valence-corrected chi connectivity index (χ2v) is 9.05. The van der Waals surface area contributed by atoms with Gasteiger partial charge < -0.3 is 15.4 Å². The van der Waals surface area contributed by atoms with E-state index in [1.165, 1.54) is 4.90 Å². The molecule has 1 saturated heterocycles. The number of hydrogen-bond donors (Lipinski definition) is 1. The fraction of sp³-hybridized carbons (Fsp3) is 0.619. The van der Waals surface area contributed by atoms with Gasteiger partial charge in [0.05, 0.1) is 0 Å². The molecule has 1 atom stereocenters. The van der Waals surface area contributed by atoms with Crippen molar-refractivity contribution in [1.82, 2.24) is 14.8 Å². The van der Waals surface area contributed by atoms with Crippen molar-refractivity contribution in [3.8, 4) is 5.88 Å². The minimum atomic E-state index is -0.569. The van der Waals surface area contributed by atoms with E-state index in [-0.39, 0.29) is 47.5 Å². The number of nitrogens with zero attached hydrogens (tertiary/aromatic N) is 3. The first-order chi connectivity index (χ1) is 13.6. The largest absolute Gasteiger partial charge is 0.474 e. The lowest BCUT2D eigenvalue weighted by atomic mass is 9.65. The lowest BCUT2D eigenvalue weighted by Gasteiger charge is -2.46. The maximum Gasteiger partial charge on any atom is 0.327 e. The molecule has 0 spiro atoms. The van der Waals surface area contributed by atoms with Crippen molar-refractivity contribution < 1.29 is 19.1 Å². The molecule has 1 aliphatic heterocycles. The normalized spacial score (nSPS) is 25.3. The number of carbonyl (C=O) groups excluding carboxylic acids is 3. The van der Waals surface area contributed by atoms with Gasteiger partial charge in [0.1, 0.15) is 18.2 Å². The summed E-state index contributed by atoms with van der Waals surface area (Å²) in [4.78, 5) is 43.7. The predicted octanol–water partition coefficient (Wildman–Crippen LogP) is 2.43. The highest BCUT2D eigenvalue weighted by Crippen LogP contribution is 2.47. The Bertz CT molecular complexity index is 804. The Morgan fingerprint density at radius 1 is 1.34 bits per heavy atom. The van der Waals surface area contributed by atoms with Gasteiger partial charge in [-0.25, -0.2) is 9.78 Å². The average Bonchev–Trinajstić information content (AvgIpc) is 2.86. The number of rotatable bonds is 8. The molecule has 2 aliphatic rings. The highest BCUT2D eigenvalue weighted by Gasteiger charge is 2.46. The molecule has 8 nitrogen and oxygen atoms in total. The molecule has 4 amide bonds. The van der Waals surface area contributed by atoms with E-state index >= 15 is 0 Å². The zero-order valence-corrected chi connectivity index (χ0v) is 17.6. The van der Waals surface area contributed by atoms with Crippen LogP contribution in [0.4, 0.5) is 4.79 Å². The van der Waals surface area contributed by atoms with Gasteiger partial charge in [0, 0.05) is 18.8 Å². The number of urea groups is 1. The summed E-state index contributed by atoms with van der Waals surface area (Å²) in [5, 5.41) is 0. The van der Waals surface area contributed by atoms with Gasteiger partial charge in [-0.15, -0.1) is 0 Å². The van der Waals surface area contributed by atoms with Crippen LogP contribution in [0, 0.1) is 11.3 Å². The summed E-state index contributed by atoms with van der Waals surface area (Å²) in [6, 6.07) is 2.88. The van der Waals surface area contributed by atoms with Crippen LogP contribution in [0.2, 0.25) is 0 Å². The smallest absolute Gasteiger partial charge is 0.327 e. The minimum absolute atomic E-state index is 0.0439. The molecule has 8 heteroatoms. The summed E-state index contributed by atoms with van der Waals surface area (Å²) in [5.41, 5.74) is 5.60. The van der Waals surface area contributed by atoms with E-state index in [0.717, 1.165) is 12.8 Å². The molecule has 0 unspecified atom stereocenters. The average molecular weight is 402 g/mol. The van der Waals surface area contributed by atoms with E-state index in [2.05, 4.69) is 11.9 Å². The SMILES string of the molecule is CC(C)CN1CC(=O)N([C@@H](C)C[C@]2(C)C[C@@H](Oc3ncccc3C(N)=O)C2)C1=O. The predicted molar refractivity (Wildman–Crippen MR) is 107 cm³/mol. The standard InChI is InChI=1S/C21H30N4O4/c1-13(2)11-24-12-17(26)25(20(24)28)14(3)8-21(4)9-15(10-21)29-19-16(18(22)27)6-5-7-23-19/h5-7,13-15H,8-12H2,1-4H3,(H2,22,27)/t14-,15-,21-/m0/s1. The topological polar surface area (TPSA) is 106 Å². The Morgan fingerprint density at radius 3 is 2.66 bits per heavy atom. The van der Waals surface area contributed by atoms with Crippen LogP contribution >= 0.6 is 0 Å². The Morgan fingerprint density at radius 2 is 2.03 bits per heavy atom. The number of hydrogen-bond acceptors (Lipinski definition) is 5. The third-order valence-electron chi connectivity index (χ3n) is 5.64. The fourth-order valence-electron chi connectivity index (χ4n) is 4.51. The zero-order chi connectivity index (χ0) is 21.3. The lowest BCUT2D eigenvalue weighted by molar-refractivity contribution is -0.127. The van der Waals surface area contributed by atoms with Crippen molar-refractivity contribution in [1.29, 1.82) is 0 Å². The van der Waals surface area contributed by atoms with E-state index in [1.807, 2.05) is 20.8 Å². The van der Waals surface area contributed by atoms with Gasteiger partial charge in [0.15, 0.2) is 0 Å². The first-order valence-electron chi connectivity index (χ1n) is 10.1. The van der Waals surface area contributed by atoms with Crippen molar-refractivity contribution in [2.75, 3.05) is 13.1 Å². The van der Waals surface area contributed by atoms with Crippen molar-refractivity contribution >= 4 is 17.8 Å². The molecule has 2 heterocycles. The molecule has 0 radical (unpaired) electrons. The summed E-state index contributed by atoms with van der Waals surface area (Å²) in [6.07, 6.45) is 3.73. The van der Waals surface area contributed by atoms with Crippen LogP contribution in [-0.2, 0) is 4.79 Å².